The monoisotopic (exact) mass is 200 g/mol. The second-order valence-corrected chi connectivity index (χ2v) is 3.60. The maximum atomic E-state index is 3.16. The first-order valence-corrected chi connectivity index (χ1v) is 5.87. The third kappa shape index (κ3) is 2.42. The van der Waals surface area contributed by atoms with E-state index < -0.39 is 0 Å². The van der Waals surface area contributed by atoms with Crippen molar-refractivity contribution >= 4 is 0 Å². The summed E-state index contributed by atoms with van der Waals surface area (Å²) < 4.78 is 0. The lowest BCUT2D eigenvalue weighted by Crippen LogP contribution is -1.91. The number of benzene rings is 1. The molecule has 0 fully saturated rings. The SMILES string of the molecule is CC.CC#Cc1ccc2c(c1C)CCC2. The standard InChI is InChI=1S/C13H14.C2H6/c1-3-5-11-8-9-12-6-4-7-13(12)10(11)2;1-2/h8-9H,4,6-7H2,1-2H3;1-2H3. The Morgan fingerprint density at radius 1 is 1.13 bits per heavy atom. The molecule has 0 radical (unpaired) electrons. The van der Waals surface area contributed by atoms with Crippen molar-refractivity contribution in [1.29, 1.82) is 0 Å². The van der Waals surface area contributed by atoms with E-state index in [1.165, 1.54) is 30.4 Å². The Kier molecular flexibility index (Phi) is 4.43. The Morgan fingerprint density at radius 3 is 2.53 bits per heavy atom. The highest BCUT2D eigenvalue weighted by Gasteiger charge is 2.13. The van der Waals surface area contributed by atoms with Gasteiger partial charge < -0.3 is 0 Å². The summed E-state index contributed by atoms with van der Waals surface area (Å²) in [4.78, 5) is 0. The van der Waals surface area contributed by atoms with E-state index in [1.807, 2.05) is 20.8 Å². The first kappa shape index (κ1) is 11.9. The number of hydrogen-bond donors (Lipinski definition) is 0. The van der Waals surface area contributed by atoms with Crippen LogP contribution >= 0.6 is 0 Å². The molecule has 0 aromatic heterocycles. The molecule has 1 aromatic carbocycles. The lowest BCUT2D eigenvalue weighted by molar-refractivity contribution is 0.909. The van der Waals surface area contributed by atoms with Gasteiger partial charge in [-0.15, -0.1) is 5.92 Å². The maximum Gasteiger partial charge on any atom is 0.0277 e. The first-order chi connectivity index (χ1) is 7.33. The zero-order valence-electron chi connectivity index (χ0n) is 10.3. The average Bonchev–Trinajstić information content (AvgIpc) is 2.74. The van der Waals surface area contributed by atoms with Gasteiger partial charge in [0.05, 0.1) is 0 Å². The molecule has 1 aliphatic carbocycles. The lowest BCUT2D eigenvalue weighted by Gasteiger charge is -2.05. The second-order valence-electron chi connectivity index (χ2n) is 3.60. The Hall–Kier alpha value is -1.22. The van der Waals surface area contributed by atoms with E-state index in [0.717, 1.165) is 0 Å². The van der Waals surface area contributed by atoms with Crippen molar-refractivity contribution in [2.75, 3.05) is 0 Å². The van der Waals surface area contributed by atoms with Crippen LogP contribution in [0, 0.1) is 18.8 Å². The highest BCUT2D eigenvalue weighted by Crippen LogP contribution is 2.26. The van der Waals surface area contributed by atoms with Gasteiger partial charge in [0.25, 0.3) is 0 Å². The van der Waals surface area contributed by atoms with E-state index in [-0.39, 0.29) is 0 Å². The van der Waals surface area contributed by atoms with E-state index in [4.69, 9.17) is 0 Å². The van der Waals surface area contributed by atoms with E-state index >= 15 is 0 Å². The zero-order chi connectivity index (χ0) is 11.3. The summed E-state index contributed by atoms with van der Waals surface area (Å²) in [6.45, 7) is 8.09. The van der Waals surface area contributed by atoms with Gasteiger partial charge in [-0.05, 0) is 55.9 Å². The lowest BCUT2D eigenvalue weighted by atomic mass is 9.99. The Labute approximate surface area is 93.7 Å². The third-order valence-corrected chi connectivity index (χ3v) is 2.83. The van der Waals surface area contributed by atoms with Crippen molar-refractivity contribution in [3.8, 4) is 11.8 Å². The van der Waals surface area contributed by atoms with Crippen LogP contribution in [0.1, 0.15) is 49.4 Å². The molecular formula is C15H20. The van der Waals surface area contributed by atoms with Crippen LogP contribution in [-0.2, 0) is 12.8 Å². The minimum absolute atomic E-state index is 1.21. The predicted molar refractivity (Wildman–Crippen MR) is 67.1 cm³/mol. The molecule has 0 heterocycles. The molecule has 0 aliphatic heterocycles. The van der Waals surface area contributed by atoms with Gasteiger partial charge in [0.15, 0.2) is 0 Å². The van der Waals surface area contributed by atoms with Gasteiger partial charge >= 0.3 is 0 Å². The van der Waals surface area contributed by atoms with Crippen molar-refractivity contribution < 1.29 is 0 Å². The van der Waals surface area contributed by atoms with Gasteiger partial charge in [-0.2, -0.15) is 0 Å². The van der Waals surface area contributed by atoms with Crippen LogP contribution in [0.5, 0.6) is 0 Å². The van der Waals surface area contributed by atoms with Gasteiger partial charge in [-0.25, -0.2) is 0 Å². The molecular weight excluding hydrogens is 180 g/mol. The Morgan fingerprint density at radius 2 is 1.87 bits per heavy atom. The van der Waals surface area contributed by atoms with Gasteiger partial charge in [-0.3, -0.25) is 0 Å². The summed E-state index contributed by atoms with van der Waals surface area (Å²) in [5, 5.41) is 0. The molecule has 0 N–H and O–H groups in total. The van der Waals surface area contributed by atoms with Crippen molar-refractivity contribution in [3.63, 3.8) is 0 Å². The molecule has 0 spiro atoms. The van der Waals surface area contributed by atoms with Crippen LogP contribution < -0.4 is 0 Å². The fourth-order valence-corrected chi connectivity index (χ4v) is 2.12. The van der Waals surface area contributed by atoms with Crippen LogP contribution in [0.2, 0.25) is 0 Å². The number of rotatable bonds is 0. The van der Waals surface area contributed by atoms with E-state index in [1.54, 1.807) is 11.1 Å². The minimum atomic E-state index is 1.21. The molecule has 15 heavy (non-hydrogen) atoms. The Bertz CT molecular complexity index is 388. The molecule has 0 bridgehead atoms. The van der Waals surface area contributed by atoms with Gasteiger partial charge in [-0.1, -0.05) is 25.8 Å². The quantitative estimate of drug-likeness (QED) is 0.557. The summed E-state index contributed by atoms with van der Waals surface area (Å²) in [7, 11) is 0. The predicted octanol–water partition coefficient (Wildman–Crippen LogP) is 3.88. The van der Waals surface area contributed by atoms with Gasteiger partial charge in [0.1, 0.15) is 0 Å². The van der Waals surface area contributed by atoms with E-state index in [2.05, 4.69) is 30.9 Å². The molecule has 0 saturated heterocycles. The third-order valence-electron chi connectivity index (χ3n) is 2.83. The number of fused-ring (bicyclic) bond motifs is 1. The molecule has 0 amide bonds. The van der Waals surface area contributed by atoms with Crippen LogP contribution in [0.3, 0.4) is 0 Å². The van der Waals surface area contributed by atoms with Crippen LogP contribution in [0.4, 0.5) is 0 Å². The average molecular weight is 200 g/mol. The topological polar surface area (TPSA) is 0 Å². The largest absolute Gasteiger partial charge is 0.101 e. The maximum absolute atomic E-state index is 3.16. The normalized spacial score (nSPS) is 12.0. The fraction of sp³-hybridized carbons (Fsp3) is 0.467. The molecule has 0 heteroatoms. The zero-order valence-corrected chi connectivity index (χ0v) is 10.3. The highest BCUT2D eigenvalue weighted by atomic mass is 14.2. The number of hydrogen-bond acceptors (Lipinski definition) is 0. The molecule has 1 aliphatic rings. The summed E-state index contributed by atoms with van der Waals surface area (Å²) in [6, 6.07) is 4.41. The van der Waals surface area contributed by atoms with Crippen molar-refractivity contribution in [3.05, 3.63) is 34.4 Å². The van der Waals surface area contributed by atoms with Gasteiger partial charge in [0, 0.05) is 5.56 Å². The minimum Gasteiger partial charge on any atom is -0.101 e. The van der Waals surface area contributed by atoms with Crippen LogP contribution in [0.15, 0.2) is 12.1 Å². The molecule has 1 aromatic rings. The van der Waals surface area contributed by atoms with Gasteiger partial charge in [0.2, 0.25) is 0 Å². The van der Waals surface area contributed by atoms with Crippen LogP contribution in [0.25, 0.3) is 0 Å². The number of aryl methyl sites for hydroxylation is 1. The smallest absolute Gasteiger partial charge is 0.0277 e. The fourth-order valence-electron chi connectivity index (χ4n) is 2.12. The Balaban J connectivity index is 0.000000531. The van der Waals surface area contributed by atoms with Crippen molar-refractivity contribution in [2.24, 2.45) is 0 Å². The molecule has 0 unspecified atom stereocenters. The van der Waals surface area contributed by atoms with E-state index in [9.17, 15) is 0 Å². The highest BCUT2D eigenvalue weighted by molar-refractivity contribution is 5.49. The molecule has 0 nitrogen and oxygen atoms in total. The van der Waals surface area contributed by atoms with Crippen molar-refractivity contribution in [1.82, 2.24) is 0 Å². The van der Waals surface area contributed by atoms with E-state index in [0.29, 0.717) is 0 Å². The summed E-state index contributed by atoms with van der Waals surface area (Å²) in [5.41, 5.74) is 5.71. The summed E-state index contributed by atoms with van der Waals surface area (Å²) in [5.74, 6) is 6.12. The molecule has 0 atom stereocenters. The first-order valence-electron chi connectivity index (χ1n) is 5.87. The molecule has 2 rings (SSSR count). The molecule has 0 saturated carbocycles. The van der Waals surface area contributed by atoms with Crippen LogP contribution in [-0.4, -0.2) is 0 Å². The second kappa shape index (κ2) is 5.61. The summed E-state index contributed by atoms with van der Waals surface area (Å²) in [6.07, 6.45) is 3.83. The van der Waals surface area contributed by atoms with Crippen molar-refractivity contribution in [2.45, 2.75) is 47.0 Å². The molecule has 80 valence electrons. The summed E-state index contributed by atoms with van der Waals surface area (Å²) >= 11 is 0.